The van der Waals surface area contributed by atoms with Gasteiger partial charge in [-0.05, 0) is 63.5 Å². The summed E-state index contributed by atoms with van der Waals surface area (Å²) in [5, 5.41) is 3.60. The van der Waals surface area contributed by atoms with Crippen LogP contribution >= 0.6 is 0 Å². The van der Waals surface area contributed by atoms with Crippen molar-refractivity contribution in [3.8, 4) is 0 Å². The lowest BCUT2D eigenvalue weighted by atomic mass is 9.80. The number of nitrogens with one attached hydrogen (secondary N) is 1. The second kappa shape index (κ2) is 4.70. The van der Waals surface area contributed by atoms with Crippen molar-refractivity contribution in [3.05, 3.63) is 34.9 Å². The molecule has 4 unspecified atom stereocenters. The summed E-state index contributed by atoms with van der Waals surface area (Å²) in [4.78, 5) is 0. The van der Waals surface area contributed by atoms with Crippen molar-refractivity contribution < 1.29 is 0 Å². The van der Waals surface area contributed by atoms with Gasteiger partial charge in [0.25, 0.3) is 0 Å². The molecule has 0 aromatic heterocycles. The van der Waals surface area contributed by atoms with E-state index in [1.54, 1.807) is 0 Å². The Morgan fingerprint density at radius 3 is 2.28 bits per heavy atom. The molecule has 2 bridgehead atoms. The molecule has 1 aromatic carbocycles. The predicted octanol–water partition coefficient (Wildman–Crippen LogP) is 4.00. The molecular weight excluding hydrogens is 218 g/mol. The third-order valence-electron chi connectivity index (χ3n) is 5.14. The summed E-state index contributed by atoms with van der Waals surface area (Å²) < 4.78 is 0. The first-order valence-electron chi connectivity index (χ1n) is 7.43. The maximum absolute atomic E-state index is 3.60. The molecule has 1 N–H and O–H groups in total. The average Bonchev–Trinajstić information content (AvgIpc) is 2.90. The first-order chi connectivity index (χ1) is 8.67. The van der Waals surface area contributed by atoms with Gasteiger partial charge in [0.2, 0.25) is 0 Å². The standard InChI is InChI=1S/C17H25N/c1-11-6-12(2)8-15(7-11)17(18-3)16-10-13-4-5-14(16)9-13/h6-8,13-14,16-18H,4-5,9-10H2,1-3H3. The Labute approximate surface area is 111 Å². The van der Waals surface area contributed by atoms with Crippen molar-refractivity contribution in [2.75, 3.05) is 7.05 Å². The largest absolute Gasteiger partial charge is 0.313 e. The highest BCUT2D eigenvalue weighted by Gasteiger charge is 2.43. The fraction of sp³-hybridized carbons (Fsp3) is 0.647. The van der Waals surface area contributed by atoms with Crippen LogP contribution in [0.2, 0.25) is 0 Å². The topological polar surface area (TPSA) is 12.0 Å². The zero-order valence-corrected chi connectivity index (χ0v) is 11.9. The van der Waals surface area contributed by atoms with Gasteiger partial charge in [0.05, 0.1) is 0 Å². The predicted molar refractivity (Wildman–Crippen MR) is 76.7 cm³/mol. The Morgan fingerprint density at radius 1 is 1.06 bits per heavy atom. The molecule has 2 fully saturated rings. The molecule has 2 saturated carbocycles. The van der Waals surface area contributed by atoms with E-state index in [2.05, 4.69) is 44.4 Å². The summed E-state index contributed by atoms with van der Waals surface area (Å²) in [7, 11) is 2.13. The smallest absolute Gasteiger partial charge is 0.0349 e. The minimum Gasteiger partial charge on any atom is -0.313 e. The van der Waals surface area contributed by atoms with Crippen molar-refractivity contribution in [1.82, 2.24) is 5.32 Å². The zero-order valence-electron chi connectivity index (χ0n) is 11.9. The molecule has 0 aliphatic heterocycles. The maximum atomic E-state index is 3.60. The minimum absolute atomic E-state index is 0.568. The van der Waals surface area contributed by atoms with Gasteiger partial charge in [-0.2, -0.15) is 0 Å². The Kier molecular flexibility index (Phi) is 3.19. The lowest BCUT2D eigenvalue weighted by molar-refractivity contribution is 0.259. The van der Waals surface area contributed by atoms with Crippen molar-refractivity contribution in [2.24, 2.45) is 17.8 Å². The molecule has 2 aliphatic carbocycles. The summed E-state index contributed by atoms with van der Waals surface area (Å²) in [5.41, 5.74) is 4.30. The Bertz CT molecular complexity index is 417. The van der Waals surface area contributed by atoms with Crippen LogP contribution in [-0.4, -0.2) is 7.05 Å². The van der Waals surface area contributed by atoms with Crippen LogP contribution in [0.4, 0.5) is 0 Å². The van der Waals surface area contributed by atoms with Gasteiger partial charge >= 0.3 is 0 Å². The van der Waals surface area contributed by atoms with Crippen LogP contribution in [0.5, 0.6) is 0 Å². The molecule has 0 saturated heterocycles. The van der Waals surface area contributed by atoms with Gasteiger partial charge in [-0.15, -0.1) is 0 Å². The zero-order chi connectivity index (χ0) is 12.7. The molecular formula is C17H25N. The van der Waals surface area contributed by atoms with Gasteiger partial charge in [0.1, 0.15) is 0 Å². The molecule has 0 heterocycles. The number of rotatable bonds is 3. The summed E-state index contributed by atoms with van der Waals surface area (Å²) in [6.07, 6.45) is 5.90. The molecule has 18 heavy (non-hydrogen) atoms. The fourth-order valence-corrected chi connectivity index (χ4v) is 4.52. The quantitative estimate of drug-likeness (QED) is 0.846. The minimum atomic E-state index is 0.568. The lowest BCUT2D eigenvalue weighted by Gasteiger charge is -2.31. The number of fused-ring (bicyclic) bond motifs is 2. The van der Waals surface area contributed by atoms with Gasteiger partial charge in [-0.3, -0.25) is 0 Å². The lowest BCUT2D eigenvalue weighted by Crippen LogP contribution is -2.29. The van der Waals surface area contributed by atoms with Gasteiger partial charge in [0, 0.05) is 6.04 Å². The first kappa shape index (κ1) is 12.2. The summed E-state index contributed by atoms with van der Waals surface area (Å²) in [6, 6.07) is 7.59. The monoisotopic (exact) mass is 243 g/mol. The van der Waals surface area contributed by atoms with E-state index in [0.717, 1.165) is 17.8 Å². The molecule has 0 amide bonds. The molecule has 1 nitrogen and oxygen atoms in total. The van der Waals surface area contributed by atoms with Crippen molar-refractivity contribution in [2.45, 2.75) is 45.6 Å². The fourth-order valence-electron chi connectivity index (χ4n) is 4.52. The molecule has 2 aliphatic rings. The Balaban J connectivity index is 1.87. The molecule has 4 atom stereocenters. The van der Waals surface area contributed by atoms with E-state index in [0.29, 0.717) is 6.04 Å². The van der Waals surface area contributed by atoms with Gasteiger partial charge in [-0.1, -0.05) is 35.7 Å². The molecule has 1 aromatic rings. The van der Waals surface area contributed by atoms with Gasteiger partial charge < -0.3 is 5.32 Å². The Hall–Kier alpha value is -0.820. The van der Waals surface area contributed by atoms with Crippen LogP contribution < -0.4 is 5.32 Å². The van der Waals surface area contributed by atoms with Crippen LogP contribution in [0, 0.1) is 31.6 Å². The SMILES string of the molecule is CNC(c1cc(C)cc(C)c1)C1CC2CCC1C2. The number of benzene rings is 1. The summed E-state index contributed by atoms with van der Waals surface area (Å²) >= 11 is 0. The van der Waals surface area contributed by atoms with E-state index in [4.69, 9.17) is 0 Å². The third-order valence-corrected chi connectivity index (χ3v) is 5.14. The summed E-state index contributed by atoms with van der Waals surface area (Å²) in [6.45, 7) is 4.42. The summed E-state index contributed by atoms with van der Waals surface area (Å²) in [5.74, 6) is 2.88. The van der Waals surface area contributed by atoms with Crippen molar-refractivity contribution in [1.29, 1.82) is 0 Å². The second-order valence-electron chi connectivity index (χ2n) is 6.53. The normalized spacial score (nSPS) is 31.8. The maximum Gasteiger partial charge on any atom is 0.0349 e. The molecule has 0 spiro atoms. The molecule has 1 heteroatoms. The highest BCUT2D eigenvalue weighted by atomic mass is 14.9. The third kappa shape index (κ3) is 2.09. The molecule has 98 valence electrons. The average molecular weight is 243 g/mol. The van der Waals surface area contributed by atoms with E-state index >= 15 is 0 Å². The van der Waals surface area contributed by atoms with E-state index in [-0.39, 0.29) is 0 Å². The molecule has 0 radical (unpaired) electrons. The van der Waals surface area contributed by atoms with E-state index in [9.17, 15) is 0 Å². The van der Waals surface area contributed by atoms with Crippen LogP contribution in [0.3, 0.4) is 0 Å². The van der Waals surface area contributed by atoms with E-state index in [1.165, 1.54) is 42.4 Å². The van der Waals surface area contributed by atoms with Crippen LogP contribution in [0.15, 0.2) is 18.2 Å². The second-order valence-corrected chi connectivity index (χ2v) is 6.53. The highest BCUT2D eigenvalue weighted by molar-refractivity contribution is 5.31. The van der Waals surface area contributed by atoms with Crippen molar-refractivity contribution >= 4 is 0 Å². The van der Waals surface area contributed by atoms with Gasteiger partial charge in [-0.25, -0.2) is 0 Å². The van der Waals surface area contributed by atoms with E-state index in [1.807, 2.05) is 0 Å². The highest BCUT2D eigenvalue weighted by Crippen LogP contribution is 2.52. The molecule has 3 rings (SSSR count). The van der Waals surface area contributed by atoms with E-state index < -0.39 is 0 Å². The van der Waals surface area contributed by atoms with Crippen molar-refractivity contribution in [3.63, 3.8) is 0 Å². The number of hydrogen-bond acceptors (Lipinski definition) is 1. The first-order valence-corrected chi connectivity index (χ1v) is 7.43. The van der Waals surface area contributed by atoms with Crippen LogP contribution in [-0.2, 0) is 0 Å². The number of aryl methyl sites for hydroxylation is 2. The van der Waals surface area contributed by atoms with Crippen LogP contribution in [0.25, 0.3) is 0 Å². The Morgan fingerprint density at radius 2 is 1.78 bits per heavy atom. The van der Waals surface area contributed by atoms with Gasteiger partial charge in [0.15, 0.2) is 0 Å². The van der Waals surface area contributed by atoms with Crippen LogP contribution in [0.1, 0.15) is 48.4 Å². The number of hydrogen-bond donors (Lipinski definition) is 1.